The van der Waals surface area contributed by atoms with E-state index in [1.165, 1.54) is 0 Å². The molecule has 0 atom stereocenters. The molecule has 4 aromatic heterocycles. The van der Waals surface area contributed by atoms with Gasteiger partial charge in [0.2, 0.25) is 11.9 Å². The molecule has 3 saturated heterocycles. The Kier molecular flexibility index (Phi) is 9.76. The molecule has 4 aromatic rings. The molecule has 0 aromatic carbocycles. The SMILES string of the molecule is COC1CCN(c2nccc(Nc3cc4c(cn3)c(N3CCC(N(C)Cc5ccc(N6CCC(=O)NC6=O)cn5)CC3)nn4C(C)C)n2)CC1. The third kappa shape index (κ3) is 7.19. The number of anilines is 5. The Morgan fingerprint density at radius 2 is 1.74 bits per heavy atom. The smallest absolute Gasteiger partial charge is 0.328 e. The first-order chi connectivity index (χ1) is 24.2. The van der Waals surface area contributed by atoms with Crippen molar-refractivity contribution in [3.63, 3.8) is 0 Å². The molecule has 0 bridgehead atoms. The second kappa shape index (κ2) is 14.5. The van der Waals surface area contributed by atoms with Gasteiger partial charge in [0.1, 0.15) is 11.6 Å². The lowest BCUT2D eigenvalue weighted by molar-refractivity contribution is -0.120. The Bertz CT molecular complexity index is 1810. The largest absolute Gasteiger partial charge is 0.381 e. The van der Waals surface area contributed by atoms with Gasteiger partial charge in [0.25, 0.3) is 0 Å². The number of amides is 3. The topological polar surface area (TPSA) is 150 Å². The molecule has 3 amide bonds. The molecule has 0 unspecified atom stereocenters. The number of hydrogen-bond donors (Lipinski definition) is 2. The Labute approximate surface area is 292 Å². The summed E-state index contributed by atoms with van der Waals surface area (Å²) in [5, 5.41) is 11.9. The molecule has 50 heavy (non-hydrogen) atoms. The van der Waals surface area contributed by atoms with Gasteiger partial charge < -0.3 is 19.9 Å². The second-order valence-corrected chi connectivity index (χ2v) is 13.6. The van der Waals surface area contributed by atoms with Crippen LogP contribution in [0.25, 0.3) is 10.9 Å². The highest BCUT2D eigenvalue weighted by Gasteiger charge is 2.28. The minimum absolute atomic E-state index is 0.177. The first kappa shape index (κ1) is 33.6. The number of carbonyl (C=O) groups is 2. The van der Waals surface area contributed by atoms with Gasteiger partial charge in [0.05, 0.1) is 34.6 Å². The van der Waals surface area contributed by atoms with Crippen molar-refractivity contribution in [2.75, 3.05) is 66.9 Å². The third-order valence-electron chi connectivity index (χ3n) is 9.99. The van der Waals surface area contributed by atoms with Gasteiger partial charge in [-0.05, 0) is 64.8 Å². The number of pyridine rings is 2. The van der Waals surface area contributed by atoms with E-state index in [0.717, 1.165) is 74.3 Å². The van der Waals surface area contributed by atoms with E-state index < -0.39 is 6.03 Å². The minimum Gasteiger partial charge on any atom is -0.381 e. The van der Waals surface area contributed by atoms with Crippen LogP contribution in [-0.4, -0.2) is 106 Å². The van der Waals surface area contributed by atoms with E-state index in [9.17, 15) is 9.59 Å². The molecule has 0 saturated carbocycles. The third-order valence-corrected chi connectivity index (χ3v) is 9.99. The predicted molar refractivity (Wildman–Crippen MR) is 192 cm³/mol. The Hall–Kier alpha value is -4.89. The Morgan fingerprint density at radius 3 is 2.44 bits per heavy atom. The van der Waals surface area contributed by atoms with Crippen LogP contribution in [0.4, 0.5) is 33.9 Å². The number of imide groups is 1. The first-order valence-corrected chi connectivity index (χ1v) is 17.5. The molecule has 0 spiro atoms. The zero-order valence-electron chi connectivity index (χ0n) is 29.2. The lowest BCUT2D eigenvalue weighted by Crippen LogP contribution is -2.49. The number of hydrogen-bond acceptors (Lipinski definition) is 12. The van der Waals surface area contributed by atoms with Crippen molar-refractivity contribution >= 4 is 51.9 Å². The van der Waals surface area contributed by atoms with E-state index in [0.29, 0.717) is 48.5 Å². The van der Waals surface area contributed by atoms with Gasteiger partial charge in [0, 0.05) is 83.3 Å². The molecule has 7 rings (SSSR count). The average Bonchev–Trinajstić information content (AvgIpc) is 3.52. The number of nitrogens with one attached hydrogen (secondary N) is 2. The first-order valence-electron chi connectivity index (χ1n) is 17.5. The summed E-state index contributed by atoms with van der Waals surface area (Å²) in [6.07, 6.45) is 9.94. The predicted octanol–water partition coefficient (Wildman–Crippen LogP) is 4.10. The fourth-order valence-electron chi connectivity index (χ4n) is 7.09. The van der Waals surface area contributed by atoms with Crippen LogP contribution in [0.1, 0.15) is 57.7 Å². The number of rotatable bonds is 10. The van der Waals surface area contributed by atoms with Crippen LogP contribution >= 0.6 is 0 Å². The molecule has 2 N–H and O–H groups in total. The van der Waals surface area contributed by atoms with Gasteiger partial charge >= 0.3 is 6.03 Å². The summed E-state index contributed by atoms with van der Waals surface area (Å²) < 4.78 is 7.60. The zero-order valence-corrected chi connectivity index (χ0v) is 29.2. The zero-order chi connectivity index (χ0) is 34.8. The number of nitrogens with zero attached hydrogens (tertiary/aromatic N) is 10. The van der Waals surface area contributed by atoms with E-state index in [-0.39, 0.29) is 18.4 Å². The normalized spacial score (nSPS) is 18.1. The highest BCUT2D eigenvalue weighted by Crippen LogP contribution is 2.32. The van der Waals surface area contributed by atoms with Gasteiger partial charge in [-0.1, -0.05) is 0 Å². The van der Waals surface area contributed by atoms with Gasteiger partial charge in [-0.2, -0.15) is 10.1 Å². The minimum atomic E-state index is -0.399. The lowest BCUT2D eigenvalue weighted by Gasteiger charge is -2.37. The molecular formula is C35H46N12O3. The highest BCUT2D eigenvalue weighted by atomic mass is 16.5. The number of piperidine rings is 2. The van der Waals surface area contributed by atoms with Gasteiger partial charge in [-0.3, -0.25) is 29.6 Å². The molecule has 3 aliphatic rings. The van der Waals surface area contributed by atoms with Crippen LogP contribution in [0.5, 0.6) is 0 Å². The van der Waals surface area contributed by atoms with Crippen molar-refractivity contribution in [1.82, 2.24) is 39.9 Å². The van der Waals surface area contributed by atoms with E-state index in [1.54, 1.807) is 24.4 Å². The van der Waals surface area contributed by atoms with E-state index in [1.807, 2.05) is 24.4 Å². The summed E-state index contributed by atoms with van der Waals surface area (Å²) in [7, 11) is 3.92. The van der Waals surface area contributed by atoms with Crippen LogP contribution in [0.3, 0.4) is 0 Å². The van der Waals surface area contributed by atoms with Crippen LogP contribution < -0.4 is 25.3 Å². The van der Waals surface area contributed by atoms with Crippen LogP contribution in [0.2, 0.25) is 0 Å². The maximum atomic E-state index is 12.2. The Balaban J connectivity index is 0.984. The maximum absolute atomic E-state index is 12.2. The van der Waals surface area contributed by atoms with Crippen LogP contribution in [0, 0.1) is 0 Å². The summed E-state index contributed by atoms with van der Waals surface area (Å²) in [6, 6.07) is 7.98. The van der Waals surface area contributed by atoms with Crippen molar-refractivity contribution in [3.05, 3.63) is 48.5 Å². The standard InChI is InChI=1S/C35H46N12O3/c1-23(2)47-29-19-31(39-30-7-13-36-34(40-30)45-16-10-27(50-4)11-17-45)38-21-28(29)33(42-47)44-14-8-25(9-15-44)43(3)22-24-5-6-26(20-37-24)46-18-12-32(48)41-35(46)49/h5-7,13,19-21,23,25,27H,8-12,14-18,22H2,1-4H3,(H,41,48,49)(H,36,38,39,40). The fourth-order valence-corrected chi connectivity index (χ4v) is 7.09. The van der Waals surface area contributed by atoms with Crippen molar-refractivity contribution in [2.45, 2.75) is 70.7 Å². The fraction of sp³-hybridized carbons (Fsp3) is 0.514. The van der Waals surface area contributed by atoms with Crippen molar-refractivity contribution in [2.24, 2.45) is 0 Å². The average molecular weight is 683 g/mol. The summed E-state index contributed by atoms with van der Waals surface area (Å²) >= 11 is 0. The van der Waals surface area contributed by atoms with Gasteiger partial charge in [0.15, 0.2) is 5.82 Å². The number of carbonyl (C=O) groups excluding carboxylic acids is 2. The van der Waals surface area contributed by atoms with Gasteiger partial charge in [-0.15, -0.1) is 0 Å². The van der Waals surface area contributed by atoms with E-state index >= 15 is 0 Å². The quantitative estimate of drug-likeness (QED) is 0.248. The number of methoxy groups -OCH3 is 1. The summed E-state index contributed by atoms with van der Waals surface area (Å²) in [5.74, 6) is 2.86. The molecule has 0 radical (unpaired) electrons. The van der Waals surface area contributed by atoms with E-state index in [4.69, 9.17) is 19.8 Å². The summed E-state index contributed by atoms with van der Waals surface area (Å²) in [4.78, 5) is 50.9. The molecule has 15 nitrogen and oxygen atoms in total. The highest BCUT2D eigenvalue weighted by molar-refractivity contribution is 6.05. The second-order valence-electron chi connectivity index (χ2n) is 13.6. The number of ether oxygens (including phenoxy) is 1. The van der Waals surface area contributed by atoms with Crippen molar-refractivity contribution in [1.29, 1.82) is 0 Å². The molecule has 3 aliphatic heterocycles. The maximum Gasteiger partial charge on any atom is 0.328 e. The number of urea groups is 1. The summed E-state index contributed by atoms with van der Waals surface area (Å²) in [6.45, 7) is 8.89. The molecule has 15 heteroatoms. The monoisotopic (exact) mass is 682 g/mol. The molecule has 0 aliphatic carbocycles. The molecule has 7 heterocycles. The van der Waals surface area contributed by atoms with Crippen LogP contribution in [0.15, 0.2) is 42.9 Å². The van der Waals surface area contributed by atoms with Gasteiger partial charge in [-0.25, -0.2) is 14.8 Å². The lowest BCUT2D eigenvalue weighted by atomic mass is 10.0. The molecular weight excluding hydrogens is 636 g/mol. The van der Waals surface area contributed by atoms with Crippen LogP contribution in [-0.2, 0) is 16.1 Å². The van der Waals surface area contributed by atoms with Crippen molar-refractivity contribution in [3.8, 4) is 0 Å². The number of aromatic nitrogens is 6. The van der Waals surface area contributed by atoms with E-state index in [2.05, 4.69) is 66.9 Å². The van der Waals surface area contributed by atoms with Crippen molar-refractivity contribution < 1.29 is 14.3 Å². The number of fused-ring (bicyclic) bond motifs is 1. The molecule has 264 valence electrons. The summed E-state index contributed by atoms with van der Waals surface area (Å²) in [5.41, 5.74) is 2.66. The molecule has 3 fully saturated rings. The Morgan fingerprint density at radius 1 is 0.960 bits per heavy atom.